The molecule has 0 bridgehead atoms. The van der Waals surface area contributed by atoms with Crippen molar-refractivity contribution in [1.29, 1.82) is 0 Å². The van der Waals surface area contributed by atoms with Crippen LogP contribution in [0.2, 0.25) is 0 Å². The van der Waals surface area contributed by atoms with Crippen molar-refractivity contribution < 1.29 is 4.79 Å². The molecule has 1 aliphatic heterocycles. The van der Waals surface area contributed by atoms with E-state index in [4.69, 9.17) is 0 Å². The number of piperidine rings is 1. The minimum absolute atomic E-state index is 0.256. The predicted molar refractivity (Wildman–Crippen MR) is 96.4 cm³/mol. The van der Waals surface area contributed by atoms with E-state index in [1.165, 1.54) is 70.6 Å². The number of hydrogen-bond donors (Lipinski definition) is 0. The van der Waals surface area contributed by atoms with Crippen LogP contribution in [-0.2, 0) is 4.79 Å². The summed E-state index contributed by atoms with van der Waals surface area (Å²) in [6, 6.07) is 0.256. The van der Waals surface area contributed by atoms with Gasteiger partial charge in [-0.25, -0.2) is 0 Å². The van der Waals surface area contributed by atoms with Gasteiger partial charge >= 0.3 is 0 Å². The van der Waals surface area contributed by atoms with E-state index in [9.17, 15) is 4.79 Å². The summed E-state index contributed by atoms with van der Waals surface area (Å²) in [5, 5.41) is 0. The van der Waals surface area contributed by atoms with E-state index in [2.05, 4.69) is 18.7 Å². The molecule has 0 aromatic heterocycles. The molecule has 0 N–H and O–H groups in total. The number of unbranched alkanes of at least 4 members (excludes halogenated alkanes) is 9. The largest absolute Gasteiger partial charge is 0.298 e. The quantitative estimate of drug-likeness (QED) is 0.404. The van der Waals surface area contributed by atoms with Gasteiger partial charge in [0.1, 0.15) is 5.78 Å². The average molecular weight is 310 g/mol. The summed E-state index contributed by atoms with van der Waals surface area (Å²) >= 11 is 0. The summed E-state index contributed by atoms with van der Waals surface area (Å²) in [7, 11) is 0. The fourth-order valence-corrected chi connectivity index (χ4v) is 3.63. The smallest absolute Gasteiger partial charge is 0.150 e. The molecule has 1 unspecified atom stereocenters. The third kappa shape index (κ3) is 8.31. The van der Waals surface area contributed by atoms with Crippen LogP contribution in [0.4, 0.5) is 0 Å². The second kappa shape index (κ2) is 13.1. The standard InChI is InChI=1S/C20H39NO/c1-3-5-7-9-11-13-17-21-18-14-16-20(22)19(21)15-12-10-8-6-4-2/h19H,3-18H2,1-2H3. The van der Waals surface area contributed by atoms with Gasteiger partial charge in [0.25, 0.3) is 0 Å². The molecule has 2 nitrogen and oxygen atoms in total. The van der Waals surface area contributed by atoms with Crippen LogP contribution in [0.25, 0.3) is 0 Å². The van der Waals surface area contributed by atoms with E-state index < -0.39 is 0 Å². The number of Topliss-reactive ketones (excluding diaryl/α,β-unsaturated/α-hetero) is 1. The highest BCUT2D eigenvalue weighted by Crippen LogP contribution is 2.20. The number of rotatable bonds is 13. The summed E-state index contributed by atoms with van der Waals surface area (Å²) < 4.78 is 0. The molecule has 1 aliphatic rings. The van der Waals surface area contributed by atoms with Crippen LogP contribution in [0.1, 0.15) is 104 Å². The highest BCUT2D eigenvalue weighted by atomic mass is 16.1. The molecule has 0 aromatic carbocycles. The van der Waals surface area contributed by atoms with E-state index in [-0.39, 0.29) is 6.04 Å². The van der Waals surface area contributed by atoms with E-state index in [0.717, 1.165) is 32.4 Å². The van der Waals surface area contributed by atoms with Crippen molar-refractivity contribution in [2.24, 2.45) is 0 Å². The van der Waals surface area contributed by atoms with Crippen LogP contribution >= 0.6 is 0 Å². The first-order valence-corrected chi connectivity index (χ1v) is 10.1. The van der Waals surface area contributed by atoms with E-state index in [0.29, 0.717) is 5.78 Å². The molecule has 0 radical (unpaired) electrons. The number of nitrogens with zero attached hydrogens (tertiary/aromatic N) is 1. The fourth-order valence-electron chi connectivity index (χ4n) is 3.63. The number of carbonyl (C=O) groups is 1. The maximum atomic E-state index is 12.3. The lowest BCUT2D eigenvalue weighted by Gasteiger charge is -2.34. The van der Waals surface area contributed by atoms with Gasteiger partial charge in [-0.3, -0.25) is 9.69 Å². The van der Waals surface area contributed by atoms with Crippen LogP contribution in [0.5, 0.6) is 0 Å². The minimum atomic E-state index is 0.256. The van der Waals surface area contributed by atoms with Crippen molar-refractivity contribution in [3.05, 3.63) is 0 Å². The monoisotopic (exact) mass is 309 g/mol. The fraction of sp³-hybridized carbons (Fsp3) is 0.950. The van der Waals surface area contributed by atoms with Crippen LogP contribution in [0.15, 0.2) is 0 Å². The SMILES string of the molecule is CCCCCCCCN1CCCC(=O)C1CCCCCCC. The van der Waals surface area contributed by atoms with Gasteiger partial charge in [0, 0.05) is 6.42 Å². The molecule has 0 spiro atoms. The van der Waals surface area contributed by atoms with Crippen molar-refractivity contribution in [2.45, 2.75) is 110 Å². The highest BCUT2D eigenvalue weighted by Gasteiger charge is 2.28. The molecule has 1 atom stereocenters. The zero-order valence-electron chi connectivity index (χ0n) is 15.2. The van der Waals surface area contributed by atoms with Gasteiger partial charge in [-0.05, 0) is 32.4 Å². The van der Waals surface area contributed by atoms with Crippen LogP contribution in [0.3, 0.4) is 0 Å². The van der Waals surface area contributed by atoms with Gasteiger partial charge in [0.15, 0.2) is 0 Å². The lowest BCUT2D eigenvalue weighted by atomic mass is 9.94. The zero-order valence-corrected chi connectivity index (χ0v) is 15.2. The third-order valence-electron chi connectivity index (χ3n) is 5.06. The lowest BCUT2D eigenvalue weighted by molar-refractivity contribution is -0.127. The van der Waals surface area contributed by atoms with Crippen molar-refractivity contribution in [1.82, 2.24) is 4.90 Å². The molecule has 0 aliphatic carbocycles. The van der Waals surface area contributed by atoms with Gasteiger partial charge < -0.3 is 0 Å². The Bertz CT molecular complexity index is 277. The summed E-state index contributed by atoms with van der Waals surface area (Å²) in [6.07, 6.45) is 17.6. The second-order valence-electron chi connectivity index (χ2n) is 7.09. The highest BCUT2D eigenvalue weighted by molar-refractivity contribution is 5.84. The molecule has 0 saturated carbocycles. The molecule has 1 fully saturated rings. The van der Waals surface area contributed by atoms with E-state index in [1.54, 1.807) is 0 Å². The van der Waals surface area contributed by atoms with E-state index in [1.807, 2.05) is 0 Å². The number of carbonyl (C=O) groups excluding carboxylic acids is 1. The number of hydrogen-bond acceptors (Lipinski definition) is 2. The molecular weight excluding hydrogens is 270 g/mol. The molecular formula is C20H39NO. The molecule has 1 rings (SSSR count). The van der Waals surface area contributed by atoms with Gasteiger partial charge in [0.05, 0.1) is 6.04 Å². The number of likely N-dealkylation sites (tertiary alicyclic amines) is 1. The first-order valence-electron chi connectivity index (χ1n) is 10.1. The normalized spacial score (nSPS) is 19.7. The van der Waals surface area contributed by atoms with Crippen LogP contribution < -0.4 is 0 Å². The molecule has 0 aromatic rings. The van der Waals surface area contributed by atoms with Gasteiger partial charge in [-0.1, -0.05) is 78.1 Å². The van der Waals surface area contributed by atoms with Crippen molar-refractivity contribution in [3.8, 4) is 0 Å². The maximum absolute atomic E-state index is 12.3. The molecule has 130 valence electrons. The van der Waals surface area contributed by atoms with Gasteiger partial charge in [-0.2, -0.15) is 0 Å². The molecule has 1 heterocycles. The Labute approximate surface area is 139 Å². The maximum Gasteiger partial charge on any atom is 0.150 e. The predicted octanol–water partition coefficient (Wildman–Crippen LogP) is 5.74. The Hall–Kier alpha value is -0.370. The Morgan fingerprint density at radius 1 is 0.864 bits per heavy atom. The number of ketones is 1. The van der Waals surface area contributed by atoms with Crippen molar-refractivity contribution >= 4 is 5.78 Å². The topological polar surface area (TPSA) is 20.3 Å². The Morgan fingerprint density at radius 2 is 1.45 bits per heavy atom. The summed E-state index contributed by atoms with van der Waals surface area (Å²) in [5.74, 6) is 0.521. The Balaban J connectivity index is 2.21. The summed E-state index contributed by atoms with van der Waals surface area (Å²) in [6.45, 7) is 6.83. The molecule has 1 saturated heterocycles. The third-order valence-corrected chi connectivity index (χ3v) is 5.06. The summed E-state index contributed by atoms with van der Waals surface area (Å²) in [4.78, 5) is 14.8. The molecule has 22 heavy (non-hydrogen) atoms. The second-order valence-corrected chi connectivity index (χ2v) is 7.09. The first-order chi connectivity index (χ1) is 10.8. The minimum Gasteiger partial charge on any atom is -0.298 e. The zero-order chi connectivity index (χ0) is 16.0. The molecule has 0 amide bonds. The van der Waals surface area contributed by atoms with E-state index >= 15 is 0 Å². The average Bonchev–Trinajstić information content (AvgIpc) is 2.52. The van der Waals surface area contributed by atoms with Crippen LogP contribution in [0, 0.1) is 0 Å². The van der Waals surface area contributed by atoms with Crippen LogP contribution in [-0.4, -0.2) is 29.8 Å². The Kier molecular flexibility index (Phi) is 11.7. The van der Waals surface area contributed by atoms with Crippen molar-refractivity contribution in [3.63, 3.8) is 0 Å². The Morgan fingerprint density at radius 3 is 2.14 bits per heavy atom. The van der Waals surface area contributed by atoms with Gasteiger partial charge in [0.2, 0.25) is 0 Å². The van der Waals surface area contributed by atoms with Crippen molar-refractivity contribution in [2.75, 3.05) is 13.1 Å². The first kappa shape index (κ1) is 19.7. The summed E-state index contributed by atoms with van der Waals surface area (Å²) in [5.41, 5.74) is 0. The molecule has 2 heteroatoms. The van der Waals surface area contributed by atoms with Gasteiger partial charge in [-0.15, -0.1) is 0 Å². The lowest BCUT2D eigenvalue weighted by Crippen LogP contribution is -2.46.